The Morgan fingerprint density at radius 3 is 2.46 bits per heavy atom. The van der Waals surface area contributed by atoms with Gasteiger partial charge in [-0.1, -0.05) is 18.2 Å². The number of nitrogens with zero attached hydrogens (tertiary/aromatic N) is 3. The van der Waals surface area contributed by atoms with E-state index in [-0.39, 0.29) is 17.7 Å². The number of hydrogen-bond donors (Lipinski definition) is 0. The number of aromatic nitrogens is 1. The summed E-state index contributed by atoms with van der Waals surface area (Å²) in [6.07, 6.45) is 1.40. The molecule has 0 atom stereocenters. The van der Waals surface area contributed by atoms with Gasteiger partial charge in [0.2, 0.25) is 5.91 Å². The first-order chi connectivity index (χ1) is 11.6. The molecular formula is C18H21N3O2S. The van der Waals surface area contributed by atoms with E-state index < -0.39 is 0 Å². The number of benzene rings is 1. The number of hydrogen-bond acceptors (Lipinski definition) is 4. The van der Waals surface area contributed by atoms with Gasteiger partial charge in [-0.2, -0.15) is 0 Å². The molecule has 3 rings (SSSR count). The summed E-state index contributed by atoms with van der Waals surface area (Å²) in [5.41, 5.74) is 1.63. The van der Waals surface area contributed by atoms with Crippen molar-refractivity contribution in [3.8, 4) is 0 Å². The second-order valence-electron chi connectivity index (χ2n) is 6.10. The first-order valence-electron chi connectivity index (χ1n) is 8.10. The number of likely N-dealkylation sites (tertiary alicyclic amines) is 1. The van der Waals surface area contributed by atoms with Crippen molar-refractivity contribution in [2.45, 2.75) is 19.8 Å². The topological polar surface area (TPSA) is 53.5 Å². The molecule has 126 valence electrons. The van der Waals surface area contributed by atoms with Gasteiger partial charge in [-0.25, -0.2) is 4.98 Å². The van der Waals surface area contributed by atoms with Crippen LogP contribution in [0.25, 0.3) is 0 Å². The van der Waals surface area contributed by atoms with Crippen molar-refractivity contribution in [1.29, 1.82) is 0 Å². The van der Waals surface area contributed by atoms with E-state index in [4.69, 9.17) is 0 Å². The summed E-state index contributed by atoms with van der Waals surface area (Å²) >= 11 is 1.48. The molecule has 5 nitrogen and oxygen atoms in total. The lowest BCUT2D eigenvalue weighted by atomic mass is 9.95. The molecule has 1 aliphatic rings. The minimum Gasteiger partial charge on any atom is -0.339 e. The molecule has 2 heterocycles. The molecule has 0 saturated carbocycles. The summed E-state index contributed by atoms with van der Waals surface area (Å²) in [5, 5.41) is 2.68. The minimum absolute atomic E-state index is 0.0426. The molecular weight excluding hydrogens is 322 g/mol. The molecule has 1 saturated heterocycles. The van der Waals surface area contributed by atoms with Gasteiger partial charge < -0.3 is 4.90 Å². The van der Waals surface area contributed by atoms with E-state index in [2.05, 4.69) is 4.98 Å². The van der Waals surface area contributed by atoms with Crippen molar-refractivity contribution in [3.05, 3.63) is 47.0 Å². The summed E-state index contributed by atoms with van der Waals surface area (Å²) in [6.45, 7) is 3.16. The Bertz CT molecular complexity index is 721. The number of carbonyl (C=O) groups is 2. The lowest BCUT2D eigenvalue weighted by Crippen LogP contribution is -2.43. The molecule has 1 aliphatic heterocycles. The van der Waals surface area contributed by atoms with Gasteiger partial charge in [0.1, 0.15) is 0 Å². The zero-order valence-electron chi connectivity index (χ0n) is 13.9. The second kappa shape index (κ2) is 7.13. The third-order valence-electron chi connectivity index (χ3n) is 4.38. The average Bonchev–Trinajstić information content (AvgIpc) is 3.07. The molecule has 0 radical (unpaired) electrons. The smallest absolute Gasteiger partial charge is 0.253 e. The van der Waals surface area contributed by atoms with Crippen LogP contribution in [0.2, 0.25) is 0 Å². The van der Waals surface area contributed by atoms with Crippen LogP contribution >= 0.6 is 11.3 Å². The summed E-state index contributed by atoms with van der Waals surface area (Å²) in [4.78, 5) is 33.0. The lowest BCUT2D eigenvalue weighted by Gasteiger charge is -2.32. The average molecular weight is 343 g/mol. The molecule has 2 aromatic rings. The molecule has 24 heavy (non-hydrogen) atoms. The maximum absolute atomic E-state index is 12.6. The third kappa shape index (κ3) is 3.48. The predicted octanol–water partition coefficient (Wildman–Crippen LogP) is 2.97. The largest absolute Gasteiger partial charge is 0.339 e. The van der Waals surface area contributed by atoms with Gasteiger partial charge in [0.25, 0.3) is 5.91 Å². The molecule has 0 unspecified atom stereocenters. The fraction of sp³-hybridized carbons (Fsp3) is 0.389. The van der Waals surface area contributed by atoms with E-state index >= 15 is 0 Å². The second-order valence-corrected chi connectivity index (χ2v) is 6.94. The molecule has 0 spiro atoms. The maximum atomic E-state index is 12.6. The van der Waals surface area contributed by atoms with Crippen LogP contribution in [0.4, 0.5) is 5.13 Å². The van der Waals surface area contributed by atoms with Crippen molar-refractivity contribution in [2.75, 3.05) is 25.0 Å². The molecule has 0 N–H and O–H groups in total. The van der Waals surface area contributed by atoms with Gasteiger partial charge in [0.15, 0.2) is 5.13 Å². The third-order valence-corrected chi connectivity index (χ3v) is 5.41. The maximum Gasteiger partial charge on any atom is 0.253 e. The van der Waals surface area contributed by atoms with Crippen LogP contribution in [0, 0.1) is 12.8 Å². The first-order valence-corrected chi connectivity index (χ1v) is 8.98. The molecule has 0 aliphatic carbocycles. The zero-order valence-corrected chi connectivity index (χ0v) is 14.8. The Kier molecular flexibility index (Phi) is 4.94. The first kappa shape index (κ1) is 16.6. The number of thiazole rings is 1. The Labute approximate surface area is 145 Å². The summed E-state index contributed by atoms with van der Waals surface area (Å²) in [7, 11) is 1.78. The highest BCUT2D eigenvalue weighted by Crippen LogP contribution is 2.25. The zero-order chi connectivity index (χ0) is 17.1. The quantitative estimate of drug-likeness (QED) is 0.861. The number of anilines is 1. The normalized spacial score (nSPS) is 15.3. The summed E-state index contributed by atoms with van der Waals surface area (Å²) < 4.78 is 0. The molecule has 2 amide bonds. The van der Waals surface area contributed by atoms with Crippen LogP contribution < -0.4 is 4.90 Å². The van der Waals surface area contributed by atoms with Gasteiger partial charge in [-0.15, -0.1) is 11.3 Å². The Hall–Kier alpha value is -2.21. The molecule has 0 bridgehead atoms. The highest BCUT2D eigenvalue weighted by atomic mass is 32.1. The van der Waals surface area contributed by atoms with E-state index in [9.17, 15) is 9.59 Å². The molecule has 1 fully saturated rings. The Balaban J connectivity index is 1.58. The predicted molar refractivity (Wildman–Crippen MR) is 95.3 cm³/mol. The van der Waals surface area contributed by atoms with Crippen LogP contribution in [0.1, 0.15) is 28.9 Å². The highest BCUT2D eigenvalue weighted by molar-refractivity contribution is 7.14. The number of amides is 2. The van der Waals surface area contributed by atoms with Crippen LogP contribution in [0.5, 0.6) is 0 Å². The van der Waals surface area contributed by atoms with E-state index in [0.717, 1.165) is 10.8 Å². The number of aryl methyl sites for hydroxylation is 1. The fourth-order valence-electron chi connectivity index (χ4n) is 2.96. The van der Waals surface area contributed by atoms with Crippen molar-refractivity contribution in [2.24, 2.45) is 5.92 Å². The number of rotatable bonds is 3. The van der Waals surface area contributed by atoms with Crippen molar-refractivity contribution < 1.29 is 9.59 Å². The van der Waals surface area contributed by atoms with Crippen molar-refractivity contribution in [1.82, 2.24) is 9.88 Å². The number of piperidine rings is 1. The van der Waals surface area contributed by atoms with E-state index in [1.54, 1.807) is 11.9 Å². The van der Waals surface area contributed by atoms with Crippen LogP contribution in [-0.2, 0) is 4.79 Å². The van der Waals surface area contributed by atoms with Crippen LogP contribution in [-0.4, -0.2) is 41.8 Å². The molecule has 1 aromatic heterocycles. The summed E-state index contributed by atoms with van der Waals surface area (Å²) in [6, 6.07) is 9.30. The Morgan fingerprint density at radius 1 is 1.21 bits per heavy atom. The minimum atomic E-state index is -0.0426. The lowest BCUT2D eigenvalue weighted by molar-refractivity contribution is -0.123. The van der Waals surface area contributed by atoms with Crippen molar-refractivity contribution >= 4 is 28.3 Å². The van der Waals surface area contributed by atoms with E-state index in [1.165, 1.54) is 11.3 Å². The Morgan fingerprint density at radius 2 is 1.88 bits per heavy atom. The van der Waals surface area contributed by atoms with Gasteiger partial charge in [0, 0.05) is 37.0 Å². The SMILES string of the molecule is Cc1csc(N(C)C(=O)C2CCN(C(=O)c3ccccc3)CC2)n1. The number of carbonyl (C=O) groups excluding carboxylic acids is 2. The highest BCUT2D eigenvalue weighted by Gasteiger charge is 2.30. The molecule has 6 heteroatoms. The van der Waals surface area contributed by atoms with E-state index in [0.29, 0.717) is 31.5 Å². The van der Waals surface area contributed by atoms with Crippen LogP contribution in [0.3, 0.4) is 0 Å². The summed E-state index contributed by atoms with van der Waals surface area (Å²) in [5.74, 6) is 0.0978. The monoisotopic (exact) mass is 343 g/mol. The van der Waals surface area contributed by atoms with Crippen molar-refractivity contribution in [3.63, 3.8) is 0 Å². The van der Waals surface area contributed by atoms with Gasteiger partial charge in [-0.3, -0.25) is 14.5 Å². The van der Waals surface area contributed by atoms with Gasteiger partial charge in [-0.05, 0) is 31.9 Å². The van der Waals surface area contributed by atoms with Gasteiger partial charge >= 0.3 is 0 Å². The fourth-order valence-corrected chi connectivity index (χ4v) is 3.73. The van der Waals surface area contributed by atoms with Gasteiger partial charge in [0.05, 0.1) is 5.69 Å². The van der Waals surface area contributed by atoms with Crippen LogP contribution in [0.15, 0.2) is 35.7 Å². The van der Waals surface area contributed by atoms with E-state index in [1.807, 2.05) is 47.5 Å². The standard InChI is InChI=1S/C18H21N3O2S/c1-13-12-24-18(19-13)20(2)16(22)15-8-10-21(11-9-15)17(23)14-6-4-3-5-7-14/h3-7,12,15H,8-11H2,1-2H3. The molecule has 1 aromatic carbocycles.